The van der Waals surface area contributed by atoms with Crippen molar-refractivity contribution in [2.75, 3.05) is 34.8 Å². The van der Waals surface area contributed by atoms with E-state index in [0.717, 1.165) is 11.3 Å². The maximum atomic E-state index is 13.2. The van der Waals surface area contributed by atoms with E-state index in [0.29, 0.717) is 30.2 Å². The zero-order chi connectivity index (χ0) is 25.5. The highest BCUT2D eigenvalue weighted by Crippen LogP contribution is 2.36. The van der Waals surface area contributed by atoms with Crippen molar-refractivity contribution in [3.63, 3.8) is 0 Å². The van der Waals surface area contributed by atoms with Gasteiger partial charge in [0.25, 0.3) is 0 Å². The van der Waals surface area contributed by atoms with Crippen LogP contribution in [0.1, 0.15) is 25.1 Å². The molecule has 0 bridgehead atoms. The van der Waals surface area contributed by atoms with Gasteiger partial charge in [-0.25, -0.2) is 0 Å². The van der Waals surface area contributed by atoms with Gasteiger partial charge in [0.1, 0.15) is 6.54 Å². The van der Waals surface area contributed by atoms with E-state index in [1.54, 1.807) is 29.3 Å². The Labute approximate surface area is 211 Å². The molecule has 0 aliphatic carbocycles. The fourth-order valence-corrected chi connectivity index (χ4v) is 4.16. The Morgan fingerprint density at radius 3 is 2.50 bits per heavy atom. The molecule has 0 saturated heterocycles. The summed E-state index contributed by atoms with van der Waals surface area (Å²) >= 11 is 0. The standard InChI is InChI=1S/C28H31N5O3/c1-20(2)18-32-24-12-11-22(31-26(34)14-21-8-4-3-5-9-21)15-25(24)33(19-28(32)36)27(35)17-29-16-23-10-6-7-13-30-23/h3-13,15,20,29H,14,16-19H2,1-2H3,(H,31,34). The molecule has 2 heterocycles. The molecule has 0 saturated carbocycles. The Morgan fingerprint density at radius 2 is 1.78 bits per heavy atom. The largest absolute Gasteiger partial charge is 0.326 e. The molecule has 2 N–H and O–H groups in total. The van der Waals surface area contributed by atoms with Gasteiger partial charge in [0.05, 0.1) is 30.0 Å². The molecule has 36 heavy (non-hydrogen) atoms. The first-order valence-corrected chi connectivity index (χ1v) is 12.1. The molecule has 2 aromatic carbocycles. The number of nitrogens with zero attached hydrogens (tertiary/aromatic N) is 3. The molecule has 1 aliphatic heterocycles. The van der Waals surface area contributed by atoms with Crippen molar-refractivity contribution >= 4 is 34.8 Å². The lowest BCUT2D eigenvalue weighted by Gasteiger charge is -2.37. The molecule has 0 atom stereocenters. The van der Waals surface area contributed by atoms with Crippen LogP contribution in [0.25, 0.3) is 0 Å². The van der Waals surface area contributed by atoms with Crippen molar-refractivity contribution in [3.8, 4) is 0 Å². The van der Waals surface area contributed by atoms with Crippen LogP contribution in [0.4, 0.5) is 17.1 Å². The van der Waals surface area contributed by atoms with E-state index in [2.05, 4.69) is 15.6 Å². The summed E-state index contributed by atoms with van der Waals surface area (Å²) in [6, 6.07) is 20.5. The highest BCUT2D eigenvalue weighted by atomic mass is 16.2. The van der Waals surface area contributed by atoms with Crippen molar-refractivity contribution in [3.05, 3.63) is 84.2 Å². The Morgan fingerprint density at radius 1 is 1.00 bits per heavy atom. The van der Waals surface area contributed by atoms with Gasteiger partial charge < -0.3 is 15.5 Å². The first-order chi connectivity index (χ1) is 17.4. The molecule has 1 aliphatic rings. The Kier molecular flexibility index (Phi) is 8.07. The van der Waals surface area contributed by atoms with Crippen molar-refractivity contribution in [1.82, 2.24) is 10.3 Å². The molecule has 186 valence electrons. The number of benzene rings is 2. The molecule has 1 aromatic heterocycles. The van der Waals surface area contributed by atoms with Gasteiger partial charge in [-0.15, -0.1) is 0 Å². The Bertz CT molecular complexity index is 1210. The van der Waals surface area contributed by atoms with E-state index in [1.807, 2.05) is 62.4 Å². The van der Waals surface area contributed by atoms with Gasteiger partial charge in [-0.2, -0.15) is 0 Å². The number of pyridine rings is 1. The molecule has 4 rings (SSSR count). The minimum absolute atomic E-state index is 0.0504. The van der Waals surface area contributed by atoms with E-state index in [1.165, 1.54) is 4.90 Å². The molecule has 0 fully saturated rings. The van der Waals surface area contributed by atoms with Gasteiger partial charge in [0, 0.05) is 25.0 Å². The summed E-state index contributed by atoms with van der Waals surface area (Å²) in [4.78, 5) is 46.3. The van der Waals surface area contributed by atoms with Crippen LogP contribution in [0.15, 0.2) is 72.9 Å². The predicted octanol–water partition coefficient (Wildman–Crippen LogP) is 3.39. The van der Waals surface area contributed by atoms with Crippen LogP contribution in [0.3, 0.4) is 0 Å². The predicted molar refractivity (Wildman–Crippen MR) is 141 cm³/mol. The molecular formula is C28H31N5O3. The number of anilines is 3. The molecule has 8 heteroatoms. The minimum Gasteiger partial charge on any atom is -0.326 e. The van der Waals surface area contributed by atoms with Gasteiger partial charge >= 0.3 is 0 Å². The molecule has 8 nitrogen and oxygen atoms in total. The second-order valence-electron chi connectivity index (χ2n) is 9.22. The van der Waals surface area contributed by atoms with E-state index >= 15 is 0 Å². The number of amides is 3. The van der Waals surface area contributed by atoms with Crippen molar-refractivity contribution < 1.29 is 14.4 Å². The zero-order valence-corrected chi connectivity index (χ0v) is 20.6. The van der Waals surface area contributed by atoms with Gasteiger partial charge in [-0.1, -0.05) is 50.2 Å². The maximum absolute atomic E-state index is 13.2. The van der Waals surface area contributed by atoms with E-state index < -0.39 is 0 Å². The summed E-state index contributed by atoms with van der Waals surface area (Å²) in [5.41, 5.74) is 3.59. The lowest BCUT2D eigenvalue weighted by atomic mass is 10.1. The number of nitrogens with one attached hydrogen (secondary N) is 2. The molecule has 0 unspecified atom stereocenters. The topological polar surface area (TPSA) is 94.6 Å². The fraction of sp³-hybridized carbons (Fsp3) is 0.286. The van der Waals surface area contributed by atoms with Gasteiger partial charge in [0.15, 0.2) is 0 Å². The van der Waals surface area contributed by atoms with E-state index in [4.69, 9.17) is 0 Å². The monoisotopic (exact) mass is 485 g/mol. The summed E-state index contributed by atoms with van der Waals surface area (Å²) in [6.07, 6.45) is 1.95. The summed E-state index contributed by atoms with van der Waals surface area (Å²) < 4.78 is 0. The quantitative estimate of drug-likeness (QED) is 0.485. The van der Waals surface area contributed by atoms with Gasteiger partial charge in [-0.05, 0) is 41.8 Å². The average Bonchev–Trinajstić information content (AvgIpc) is 2.86. The lowest BCUT2D eigenvalue weighted by Crippen LogP contribution is -2.51. The van der Waals surface area contributed by atoms with Crippen molar-refractivity contribution in [2.45, 2.75) is 26.8 Å². The molecule has 3 aromatic rings. The molecule has 3 amide bonds. The summed E-state index contributed by atoms with van der Waals surface area (Å²) in [6.45, 7) is 5.08. The van der Waals surface area contributed by atoms with Crippen LogP contribution in [0.5, 0.6) is 0 Å². The van der Waals surface area contributed by atoms with Crippen LogP contribution in [-0.4, -0.2) is 42.3 Å². The number of fused-ring (bicyclic) bond motifs is 1. The fourth-order valence-electron chi connectivity index (χ4n) is 4.16. The van der Waals surface area contributed by atoms with Crippen LogP contribution in [0, 0.1) is 5.92 Å². The van der Waals surface area contributed by atoms with Crippen LogP contribution >= 0.6 is 0 Å². The second kappa shape index (κ2) is 11.6. The third-order valence-electron chi connectivity index (χ3n) is 5.80. The molecule has 0 radical (unpaired) electrons. The number of carbonyl (C=O) groups excluding carboxylic acids is 3. The van der Waals surface area contributed by atoms with Crippen molar-refractivity contribution in [2.24, 2.45) is 5.92 Å². The second-order valence-corrected chi connectivity index (χ2v) is 9.22. The van der Waals surface area contributed by atoms with Crippen LogP contribution in [0.2, 0.25) is 0 Å². The van der Waals surface area contributed by atoms with Gasteiger partial charge in [-0.3, -0.25) is 24.3 Å². The number of rotatable bonds is 9. The summed E-state index contributed by atoms with van der Waals surface area (Å²) in [5.74, 6) is -0.246. The highest BCUT2D eigenvalue weighted by Gasteiger charge is 2.33. The third-order valence-corrected chi connectivity index (χ3v) is 5.80. The summed E-state index contributed by atoms with van der Waals surface area (Å²) in [5, 5.41) is 6.04. The average molecular weight is 486 g/mol. The van der Waals surface area contributed by atoms with Crippen LogP contribution < -0.4 is 20.4 Å². The minimum atomic E-state index is -0.225. The molecular weight excluding hydrogens is 454 g/mol. The maximum Gasteiger partial charge on any atom is 0.247 e. The van der Waals surface area contributed by atoms with E-state index in [-0.39, 0.29) is 43.1 Å². The first-order valence-electron chi connectivity index (χ1n) is 12.1. The summed E-state index contributed by atoms with van der Waals surface area (Å²) in [7, 11) is 0. The third kappa shape index (κ3) is 6.34. The first kappa shape index (κ1) is 25.1. The Balaban J connectivity index is 1.53. The Hall–Kier alpha value is -4.04. The number of carbonyl (C=O) groups is 3. The van der Waals surface area contributed by atoms with Gasteiger partial charge in [0.2, 0.25) is 17.7 Å². The van der Waals surface area contributed by atoms with Crippen LogP contribution in [-0.2, 0) is 27.3 Å². The van der Waals surface area contributed by atoms with Crippen molar-refractivity contribution in [1.29, 1.82) is 0 Å². The number of hydrogen-bond donors (Lipinski definition) is 2. The highest BCUT2D eigenvalue weighted by molar-refractivity contribution is 6.12. The molecule has 0 spiro atoms. The normalized spacial score (nSPS) is 13.0. The SMILES string of the molecule is CC(C)CN1C(=O)CN(C(=O)CNCc2ccccn2)c2cc(NC(=O)Cc3ccccc3)ccc21. The number of hydrogen-bond acceptors (Lipinski definition) is 5. The lowest BCUT2D eigenvalue weighted by molar-refractivity contribution is -0.122. The van der Waals surface area contributed by atoms with E-state index in [9.17, 15) is 14.4 Å². The smallest absolute Gasteiger partial charge is 0.247 e. The zero-order valence-electron chi connectivity index (χ0n) is 20.6. The number of aromatic nitrogens is 1.